The molecule has 0 spiro atoms. The fourth-order valence-electron chi connectivity index (χ4n) is 3.48. The lowest BCUT2D eigenvalue weighted by atomic mass is 10.1. The topological polar surface area (TPSA) is 77.0 Å². The first-order valence-electron chi connectivity index (χ1n) is 10.3. The van der Waals surface area contributed by atoms with Crippen LogP contribution in [0.4, 0.5) is 5.69 Å². The van der Waals surface area contributed by atoms with Crippen molar-refractivity contribution < 1.29 is 9.59 Å². The molecule has 2 amide bonds. The molecule has 1 saturated heterocycles. The maximum absolute atomic E-state index is 12.6. The highest BCUT2D eigenvalue weighted by Crippen LogP contribution is 2.14. The molecular formula is C23H29ClIN5O2. The molecule has 3 rings (SSSR count). The van der Waals surface area contributed by atoms with Crippen LogP contribution in [0.3, 0.4) is 0 Å². The van der Waals surface area contributed by atoms with Crippen LogP contribution in [0.25, 0.3) is 0 Å². The van der Waals surface area contributed by atoms with Gasteiger partial charge in [-0.3, -0.25) is 14.6 Å². The van der Waals surface area contributed by atoms with E-state index in [0.29, 0.717) is 31.2 Å². The highest BCUT2D eigenvalue weighted by atomic mass is 127. The van der Waals surface area contributed by atoms with Crippen molar-refractivity contribution in [2.75, 3.05) is 38.5 Å². The van der Waals surface area contributed by atoms with Gasteiger partial charge in [0.25, 0.3) is 0 Å². The second-order valence-electron chi connectivity index (χ2n) is 7.47. The molecule has 32 heavy (non-hydrogen) atoms. The zero-order chi connectivity index (χ0) is 22.2. The fourth-order valence-corrected chi connectivity index (χ4v) is 3.60. The maximum Gasteiger partial charge on any atom is 0.242 e. The monoisotopic (exact) mass is 569 g/mol. The van der Waals surface area contributed by atoms with E-state index in [1.54, 1.807) is 7.05 Å². The first-order valence-corrected chi connectivity index (χ1v) is 10.7. The average Bonchev–Trinajstić information content (AvgIpc) is 2.75. The summed E-state index contributed by atoms with van der Waals surface area (Å²) < 4.78 is 0. The lowest BCUT2D eigenvalue weighted by Gasteiger charge is -2.36. The van der Waals surface area contributed by atoms with E-state index in [0.717, 1.165) is 35.7 Å². The van der Waals surface area contributed by atoms with Crippen LogP contribution >= 0.6 is 35.6 Å². The molecule has 2 N–H and O–H groups in total. The molecule has 2 aromatic carbocycles. The molecule has 0 aromatic heterocycles. The van der Waals surface area contributed by atoms with Crippen LogP contribution < -0.4 is 10.6 Å². The molecule has 2 aromatic rings. The standard InChI is InChI=1S/C23H28ClN5O2.HI/c1-17(30)27-21-9-5-18(6-10-21)11-12-26-23(25-2)29-14-13-28(22(31)16-29)15-19-3-7-20(24)8-4-19;/h3-10H,11-16H2,1-2H3,(H,25,26)(H,27,30);1H. The Bertz CT molecular complexity index is 934. The number of hydrogen-bond donors (Lipinski definition) is 2. The smallest absolute Gasteiger partial charge is 0.242 e. The summed E-state index contributed by atoms with van der Waals surface area (Å²) in [6.45, 7) is 4.46. The van der Waals surface area contributed by atoms with Crippen LogP contribution in [0.1, 0.15) is 18.1 Å². The van der Waals surface area contributed by atoms with Gasteiger partial charge in [-0.2, -0.15) is 0 Å². The lowest BCUT2D eigenvalue weighted by Crippen LogP contribution is -2.55. The molecule has 0 unspecified atom stereocenters. The predicted octanol–water partition coefficient (Wildman–Crippen LogP) is 3.38. The lowest BCUT2D eigenvalue weighted by molar-refractivity contribution is -0.135. The number of aliphatic imine (C=N–C) groups is 1. The molecule has 1 aliphatic heterocycles. The quantitative estimate of drug-likeness (QED) is 0.318. The van der Waals surface area contributed by atoms with Crippen LogP contribution in [0.2, 0.25) is 5.02 Å². The van der Waals surface area contributed by atoms with Gasteiger partial charge < -0.3 is 20.4 Å². The van der Waals surface area contributed by atoms with Crippen molar-refractivity contribution in [3.8, 4) is 0 Å². The third-order valence-corrected chi connectivity index (χ3v) is 5.34. The Labute approximate surface area is 211 Å². The van der Waals surface area contributed by atoms with Gasteiger partial charge in [-0.1, -0.05) is 35.9 Å². The number of carbonyl (C=O) groups excluding carboxylic acids is 2. The number of amides is 2. The Morgan fingerprint density at radius 2 is 1.72 bits per heavy atom. The summed E-state index contributed by atoms with van der Waals surface area (Å²) in [6.07, 6.45) is 0.809. The van der Waals surface area contributed by atoms with Gasteiger partial charge in [-0.25, -0.2) is 0 Å². The third-order valence-electron chi connectivity index (χ3n) is 5.09. The van der Waals surface area contributed by atoms with Gasteiger partial charge in [0.15, 0.2) is 5.96 Å². The zero-order valence-corrected chi connectivity index (χ0v) is 21.4. The summed E-state index contributed by atoms with van der Waals surface area (Å²) in [5, 5.41) is 6.80. The summed E-state index contributed by atoms with van der Waals surface area (Å²) in [5.74, 6) is 0.730. The minimum absolute atomic E-state index is 0. The molecule has 1 heterocycles. The van der Waals surface area contributed by atoms with Crippen molar-refractivity contribution >= 4 is 59.0 Å². The first-order chi connectivity index (χ1) is 14.9. The van der Waals surface area contributed by atoms with E-state index in [-0.39, 0.29) is 35.8 Å². The molecular weight excluding hydrogens is 541 g/mol. The van der Waals surface area contributed by atoms with Crippen molar-refractivity contribution in [1.82, 2.24) is 15.1 Å². The van der Waals surface area contributed by atoms with Crippen molar-refractivity contribution in [3.05, 3.63) is 64.7 Å². The normalized spacial score (nSPS) is 14.1. The number of anilines is 1. The van der Waals surface area contributed by atoms with E-state index in [4.69, 9.17) is 11.6 Å². The molecule has 1 fully saturated rings. The summed E-state index contributed by atoms with van der Waals surface area (Å²) in [5.41, 5.74) is 3.01. The molecule has 0 radical (unpaired) electrons. The molecule has 0 saturated carbocycles. The number of halogens is 2. The SMILES string of the molecule is CN=C(NCCc1ccc(NC(C)=O)cc1)N1CCN(Cc2ccc(Cl)cc2)C(=O)C1.I. The van der Waals surface area contributed by atoms with Gasteiger partial charge in [-0.15, -0.1) is 24.0 Å². The van der Waals surface area contributed by atoms with Gasteiger partial charge >= 0.3 is 0 Å². The highest BCUT2D eigenvalue weighted by molar-refractivity contribution is 14.0. The Balaban J connectivity index is 0.00000363. The number of rotatable bonds is 6. The summed E-state index contributed by atoms with van der Waals surface area (Å²) in [4.78, 5) is 31.9. The summed E-state index contributed by atoms with van der Waals surface area (Å²) >= 11 is 5.94. The van der Waals surface area contributed by atoms with Crippen LogP contribution in [0.5, 0.6) is 0 Å². The minimum Gasteiger partial charge on any atom is -0.356 e. The van der Waals surface area contributed by atoms with E-state index in [1.807, 2.05) is 58.3 Å². The van der Waals surface area contributed by atoms with Gasteiger partial charge in [0, 0.05) is 50.9 Å². The van der Waals surface area contributed by atoms with Gasteiger partial charge in [0.1, 0.15) is 0 Å². The second kappa shape index (κ2) is 12.6. The zero-order valence-electron chi connectivity index (χ0n) is 18.3. The van der Waals surface area contributed by atoms with Gasteiger partial charge in [0.05, 0.1) is 6.54 Å². The van der Waals surface area contributed by atoms with Gasteiger partial charge in [-0.05, 0) is 41.8 Å². The van der Waals surface area contributed by atoms with Crippen LogP contribution in [-0.4, -0.2) is 60.8 Å². The second-order valence-corrected chi connectivity index (χ2v) is 7.90. The fraction of sp³-hybridized carbons (Fsp3) is 0.348. The van der Waals surface area contributed by atoms with Crippen molar-refractivity contribution in [1.29, 1.82) is 0 Å². The van der Waals surface area contributed by atoms with Gasteiger partial charge in [0.2, 0.25) is 11.8 Å². The molecule has 9 heteroatoms. The number of nitrogens with one attached hydrogen (secondary N) is 2. The Kier molecular flexibility index (Phi) is 10.2. The predicted molar refractivity (Wildman–Crippen MR) is 140 cm³/mol. The number of nitrogens with zero attached hydrogens (tertiary/aromatic N) is 3. The van der Waals surface area contributed by atoms with Crippen molar-refractivity contribution in [2.45, 2.75) is 19.9 Å². The Morgan fingerprint density at radius 1 is 1.06 bits per heavy atom. The molecule has 172 valence electrons. The van der Waals surface area contributed by atoms with Crippen LogP contribution in [0, 0.1) is 0 Å². The van der Waals surface area contributed by atoms with Crippen LogP contribution in [0.15, 0.2) is 53.5 Å². The Hall–Kier alpha value is -2.33. The summed E-state index contributed by atoms with van der Waals surface area (Å²) in [7, 11) is 1.73. The van der Waals surface area contributed by atoms with E-state index in [9.17, 15) is 9.59 Å². The highest BCUT2D eigenvalue weighted by Gasteiger charge is 2.25. The van der Waals surface area contributed by atoms with Crippen molar-refractivity contribution in [3.63, 3.8) is 0 Å². The first kappa shape index (κ1) is 25.9. The van der Waals surface area contributed by atoms with E-state index >= 15 is 0 Å². The maximum atomic E-state index is 12.6. The van der Waals surface area contributed by atoms with E-state index in [2.05, 4.69) is 15.6 Å². The number of guanidine groups is 1. The molecule has 7 nitrogen and oxygen atoms in total. The number of benzene rings is 2. The molecule has 0 bridgehead atoms. The average molecular weight is 570 g/mol. The Morgan fingerprint density at radius 3 is 2.31 bits per heavy atom. The molecule has 0 atom stereocenters. The van der Waals surface area contributed by atoms with Crippen LogP contribution in [-0.2, 0) is 22.6 Å². The molecule has 1 aliphatic rings. The third kappa shape index (κ3) is 7.67. The minimum atomic E-state index is -0.0824. The number of hydrogen-bond acceptors (Lipinski definition) is 3. The number of carbonyl (C=O) groups is 2. The number of piperazine rings is 1. The largest absolute Gasteiger partial charge is 0.356 e. The van der Waals surface area contributed by atoms with E-state index < -0.39 is 0 Å². The van der Waals surface area contributed by atoms with E-state index in [1.165, 1.54) is 6.92 Å². The van der Waals surface area contributed by atoms with Crippen molar-refractivity contribution in [2.24, 2.45) is 4.99 Å². The molecule has 0 aliphatic carbocycles. The summed E-state index contributed by atoms with van der Waals surface area (Å²) in [6, 6.07) is 15.4.